The van der Waals surface area contributed by atoms with E-state index in [2.05, 4.69) is 0 Å². The van der Waals surface area contributed by atoms with Gasteiger partial charge in [-0.3, -0.25) is 24.0 Å². The Morgan fingerprint density at radius 3 is 1.86 bits per heavy atom. The second kappa shape index (κ2) is 13.4. The van der Waals surface area contributed by atoms with Crippen molar-refractivity contribution in [3.05, 3.63) is 47.0 Å². The Balaban J connectivity index is 1.96. The van der Waals surface area contributed by atoms with Crippen LogP contribution in [0.3, 0.4) is 0 Å². The highest BCUT2D eigenvalue weighted by atomic mass is 16.6. The lowest BCUT2D eigenvalue weighted by atomic mass is 9.49. The molecular weight excluding hydrogens is 668 g/mol. The quantitative estimate of drug-likeness (QED) is 0.235. The number of carbonyl (C=O) groups excluding carboxylic acids is 6. The minimum absolute atomic E-state index is 0.0482. The number of esters is 6. The first-order chi connectivity index (χ1) is 23.7. The number of rotatable bonds is 8. The highest BCUT2D eigenvalue weighted by molar-refractivity contribution is 5.89. The van der Waals surface area contributed by atoms with Gasteiger partial charge in [0.05, 0.1) is 34.5 Å². The molecule has 1 N–H and O–H groups in total. The molecule has 0 radical (unpaired) electrons. The predicted octanol–water partition coefficient (Wildman–Crippen LogP) is 3.16. The molecule has 3 aliphatic carbocycles. The van der Waals surface area contributed by atoms with Crippen LogP contribution in [-0.4, -0.2) is 95.4 Å². The van der Waals surface area contributed by atoms with Crippen LogP contribution in [0.25, 0.3) is 0 Å². The molecule has 4 aliphatic rings. The number of hydrogen-bond acceptors (Lipinski definition) is 14. The van der Waals surface area contributed by atoms with E-state index in [9.17, 15) is 33.9 Å². The van der Waals surface area contributed by atoms with E-state index in [1.807, 2.05) is 0 Å². The zero-order valence-corrected chi connectivity index (χ0v) is 30.3. The Morgan fingerprint density at radius 2 is 1.37 bits per heavy atom. The van der Waals surface area contributed by atoms with Crippen molar-refractivity contribution in [1.29, 1.82) is 0 Å². The van der Waals surface area contributed by atoms with Crippen molar-refractivity contribution < 1.29 is 67.0 Å². The van der Waals surface area contributed by atoms with Crippen LogP contribution in [0.2, 0.25) is 0 Å². The van der Waals surface area contributed by atoms with Gasteiger partial charge in [-0.1, -0.05) is 25.1 Å². The summed E-state index contributed by atoms with van der Waals surface area (Å²) < 4.78 is 42.8. The fourth-order valence-corrected chi connectivity index (χ4v) is 9.28. The lowest BCUT2D eigenvalue weighted by molar-refractivity contribution is -0.352. The van der Waals surface area contributed by atoms with Crippen LogP contribution < -0.4 is 0 Å². The van der Waals surface area contributed by atoms with Crippen LogP contribution in [0, 0.1) is 16.7 Å². The summed E-state index contributed by atoms with van der Waals surface area (Å²) in [7, 11) is 0. The molecule has 10 atom stereocenters. The van der Waals surface area contributed by atoms with Crippen molar-refractivity contribution in [1.82, 2.24) is 0 Å². The first kappa shape index (κ1) is 37.9. The van der Waals surface area contributed by atoms with Crippen molar-refractivity contribution >= 4 is 35.8 Å². The smallest absolute Gasteiger partial charge is 0.338 e. The zero-order chi connectivity index (χ0) is 37.8. The summed E-state index contributed by atoms with van der Waals surface area (Å²) in [6, 6.07) is 8.04. The molecule has 278 valence electrons. The first-order valence-electron chi connectivity index (χ1n) is 16.9. The molecule has 14 nitrogen and oxygen atoms in total. The van der Waals surface area contributed by atoms with Crippen molar-refractivity contribution in [3.63, 3.8) is 0 Å². The van der Waals surface area contributed by atoms with Crippen LogP contribution in [0.5, 0.6) is 0 Å². The maximum Gasteiger partial charge on any atom is 0.338 e. The third kappa shape index (κ3) is 6.19. The van der Waals surface area contributed by atoms with Crippen LogP contribution >= 0.6 is 0 Å². The third-order valence-corrected chi connectivity index (χ3v) is 11.1. The Hall–Kier alpha value is -4.30. The molecule has 0 spiro atoms. The summed E-state index contributed by atoms with van der Waals surface area (Å²) in [5.74, 6) is -5.73. The summed E-state index contributed by atoms with van der Waals surface area (Å²) in [6.07, 6.45) is -7.91. The van der Waals surface area contributed by atoms with E-state index in [4.69, 9.17) is 33.2 Å². The minimum atomic E-state index is -1.88. The van der Waals surface area contributed by atoms with E-state index in [1.165, 1.54) is 53.7 Å². The molecule has 1 aromatic rings. The average molecular weight is 715 g/mol. The van der Waals surface area contributed by atoms with E-state index >= 15 is 0 Å². The van der Waals surface area contributed by atoms with Crippen LogP contribution in [0.1, 0.15) is 85.5 Å². The van der Waals surface area contributed by atoms with Crippen LogP contribution in [0.15, 0.2) is 41.5 Å². The molecular formula is C37H46O14. The lowest BCUT2D eigenvalue weighted by Crippen LogP contribution is -2.79. The van der Waals surface area contributed by atoms with Gasteiger partial charge in [0, 0.05) is 47.5 Å². The predicted molar refractivity (Wildman–Crippen MR) is 174 cm³/mol. The summed E-state index contributed by atoms with van der Waals surface area (Å²) in [6.45, 7) is 12.0. The van der Waals surface area contributed by atoms with Gasteiger partial charge in [0.15, 0.2) is 17.8 Å². The van der Waals surface area contributed by atoms with E-state index in [1.54, 1.807) is 32.0 Å². The van der Waals surface area contributed by atoms with Crippen molar-refractivity contribution in [2.45, 2.75) is 123 Å². The summed E-state index contributed by atoms with van der Waals surface area (Å²) in [5, 5.41) is 12.5. The molecule has 1 saturated heterocycles. The fraction of sp³-hybridized carbons (Fsp3) is 0.622. The fourth-order valence-electron chi connectivity index (χ4n) is 9.28. The number of carbonyl (C=O) groups is 6. The van der Waals surface area contributed by atoms with Crippen molar-refractivity contribution in [3.8, 4) is 0 Å². The summed E-state index contributed by atoms with van der Waals surface area (Å²) >= 11 is 0. The molecule has 3 fully saturated rings. The average Bonchev–Trinajstić information content (AvgIpc) is 3.26. The van der Waals surface area contributed by atoms with E-state index in [0.717, 1.165) is 6.92 Å². The molecule has 51 heavy (non-hydrogen) atoms. The van der Waals surface area contributed by atoms with Gasteiger partial charge < -0.3 is 38.3 Å². The van der Waals surface area contributed by atoms with Gasteiger partial charge in [-0.25, -0.2) is 4.79 Å². The molecule has 0 amide bonds. The lowest BCUT2D eigenvalue weighted by Gasteiger charge is -2.65. The van der Waals surface area contributed by atoms with E-state index < -0.39 is 100 Å². The number of benzene rings is 1. The Morgan fingerprint density at radius 1 is 0.804 bits per heavy atom. The molecule has 14 heteroatoms. The standard InChI is InChI=1S/C37H46O14/c1-18-25(46-19(2)38)16-36(34(7,8)44)28(18)29(50-33(43)24-13-11-10-12-14-24)31(48-21(4)40)35(9)26(47-20(3)39)15-27-37(17-45-27,51-23(6)42)30(35)32(36)49-22(5)41/h10-14,25-27,29-32,44H,15-17H2,1-9H3/t25-,26-,27+,29+,30+,31-,32-,35+,36-,37-/m0/s1. The maximum atomic E-state index is 14.1. The molecule has 2 saturated carbocycles. The Labute approximate surface area is 296 Å². The highest BCUT2D eigenvalue weighted by Crippen LogP contribution is 2.69. The molecule has 1 heterocycles. The second-order valence-electron chi connectivity index (χ2n) is 14.7. The molecule has 1 aromatic carbocycles. The van der Waals surface area contributed by atoms with Gasteiger partial charge in [-0.05, 0) is 44.1 Å². The SMILES string of the molecule is CC(=O)O[C@H]1C[C@]2(C(C)(C)O)C(=C1C)[C@@H](OC(=O)c1ccccc1)[C@H](OC(C)=O)[C@]1(C)[C@@H](OC(C)=O)C[C@H]3OC[C@@]3(OC(C)=O)[C@@H]1[C@@H]2OC(C)=O. The zero-order valence-electron chi connectivity index (χ0n) is 30.3. The minimum Gasteiger partial charge on any atom is -0.462 e. The number of aliphatic hydroxyl groups is 1. The number of fused-ring (bicyclic) bond motifs is 4. The summed E-state index contributed by atoms with van der Waals surface area (Å²) in [5.41, 5.74) is -6.26. The number of ether oxygens (including phenoxy) is 7. The monoisotopic (exact) mass is 714 g/mol. The normalized spacial score (nSPS) is 35.4. The summed E-state index contributed by atoms with van der Waals surface area (Å²) in [4.78, 5) is 78.9. The van der Waals surface area contributed by atoms with Gasteiger partial charge in [0.25, 0.3) is 0 Å². The third-order valence-electron chi connectivity index (χ3n) is 11.1. The van der Waals surface area contributed by atoms with Gasteiger partial charge in [0.1, 0.15) is 24.4 Å². The molecule has 0 aromatic heterocycles. The topological polar surface area (TPSA) is 187 Å². The van der Waals surface area contributed by atoms with E-state index in [0.29, 0.717) is 5.57 Å². The molecule has 0 bridgehead atoms. The Bertz CT molecular complexity index is 1640. The van der Waals surface area contributed by atoms with Gasteiger partial charge in [-0.2, -0.15) is 0 Å². The molecule has 0 unspecified atom stereocenters. The van der Waals surface area contributed by atoms with Gasteiger partial charge >= 0.3 is 35.8 Å². The van der Waals surface area contributed by atoms with Crippen molar-refractivity contribution in [2.24, 2.45) is 16.7 Å². The second-order valence-corrected chi connectivity index (χ2v) is 14.7. The molecule has 1 aliphatic heterocycles. The largest absolute Gasteiger partial charge is 0.462 e. The van der Waals surface area contributed by atoms with Gasteiger partial charge in [0.2, 0.25) is 0 Å². The van der Waals surface area contributed by atoms with Crippen molar-refractivity contribution in [2.75, 3.05) is 6.61 Å². The Kier molecular flexibility index (Phi) is 9.93. The van der Waals surface area contributed by atoms with Crippen LogP contribution in [0.4, 0.5) is 0 Å². The maximum absolute atomic E-state index is 14.1. The first-order valence-corrected chi connectivity index (χ1v) is 16.9. The van der Waals surface area contributed by atoms with Gasteiger partial charge in [-0.15, -0.1) is 0 Å². The van der Waals surface area contributed by atoms with Crippen LogP contribution in [-0.2, 0) is 57.1 Å². The molecule has 5 rings (SSSR count). The highest BCUT2D eigenvalue weighted by Gasteiger charge is 2.81. The van der Waals surface area contributed by atoms with E-state index in [-0.39, 0.29) is 30.6 Å². The number of hydrogen-bond donors (Lipinski definition) is 1.